The van der Waals surface area contributed by atoms with Crippen LogP contribution in [-0.2, 0) is 26.1 Å². The second kappa shape index (κ2) is 8.63. The highest BCUT2D eigenvalue weighted by molar-refractivity contribution is 7.99. The van der Waals surface area contributed by atoms with Crippen LogP contribution < -0.4 is 0 Å². The van der Waals surface area contributed by atoms with Gasteiger partial charge in [0.2, 0.25) is 0 Å². The number of nitrogens with zero attached hydrogens (tertiary/aromatic N) is 2. The van der Waals surface area contributed by atoms with E-state index in [-0.39, 0.29) is 46.6 Å². The maximum atomic E-state index is 14.5. The van der Waals surface area contributed by atoms with Crippen LogP contribution in [0.15, 0.2) is 53.2 Å². The molecule has 1 aromatic carbocycles. The molecular weight excluding hydrogens is 524 g/mol. The minimum absolute atomic E-state index is 0.0108. The number of allylic oxidation sites excluding steroid dienone is 4. The van der Waals surface area contributed by atoms with Crippen LogP contribution in [-0.4, -0.2) is 55.6 Å². The van der Waals surface area contributed by atoms with Crippen LogP contribution in [0.4, 0.5) is 0 Å². The van der Waals surface area contributed by atoms with Crippen molar-refractivity contribution in [3.8, 4) is 0 Å². The number of benzene rings is 1. The van der Waals surface area contributed by atoms with Crippen LogP contribution in [0.5, 0.6) is 0 Å². The Morgan fingerprint density at radius 3 is 2.77 bits per heavy atom. The Kier molecular flexibility index (Phi) is 5.75. The van der Waals surface area contributed by atoms with Crippen molar-refractivity contribution in [1.29, 1.82) is 0 Å². The summed E-state index contributed by atoms with van der Waals surface area (Å²) >= 11 is 1.44. The van der Waals surface area contributed by atoms with Crippen LogP contribution in [0.1, 0.15) is 53.4 Å². The summed E-state index contributed by atoms with van der Waals surface area (Å²) in [6, 6.07) is 7.98. The zero-order valence-corrected chi connectivity index (χ0v) is 24.7. The number of hydrogen-bond acceptors (Lipinski definition) is 7. The van der Waals surface area contributed by atoms with E-state index in [0.29, 0.717) is 6.42 Å². The number of ether oxygens (including phenoxy) is 2. The van der Waals surface area contributed by atoms with Gasteiger partial charge in [-0.05, 0) is 75.7 Å². The first-order chi connectivity index (χ1) is 18.9. The molecule has 2 aromatic rings. The SMILES string of the molecule is Cn1c(SCC(=O)[C@@]23OC(C)(C)O[C@@H]2CC2C4CCC5=CC(=O)C=CC5(C)C4[C@@H](O)CC23C)nc2ccccc21. The fourth-order valence-corrected chi connectivity index (χ4v) is 10.3. The highest BCUT2D eigenvalue weighted by Gasteiger charge is 2.76. The lowest BCUT2D eigenvalue weighted by Crippen LogP contribution is -2.63. The number of ketones is 2. The maximum Gasteiger partial charge on any atom is 0.178 e. The lowest BCUT2D eigenvalue weighted by Gasteiger charge is -2.60. The van der Waals surface area contributed by atoms with Gasteiger partial charge in [-0.3, -0.25) is 9.59 Å². The molecule has 5 unspecified atom stereocenters. The van der Waals surface area contributed by atoms with Crippen molar-refractivity contribution in [3.05, 3.63) is 48.1 Å². The first kappa shape index (κ1) is 26.6. The number of rotatable bonds is 4. The molecule has 0 spiro atoms. The summed E-state index contributed by atoms with van der Waals surface area (Å²) in [6.45, 7) is 8.11. The number of fused-ring (bicyclic) bond motifs is 8. The molecule has 5 aliphatic rings. The molecule has 0 amide bonds. The molecule has 2 heterocycles. The van der Waals surface area contributed by atoms with Gasteiger partial charge in [0.05, 0.1) is 29.0 Å². The first-order valence-electron chi connectivity index (χ1n) is 14.5. The number of para-hydroxylation sites is 2. The van der Waals surface area contributed by atoms with Crippen molar-refractivity contribution in [3.63, 3.8) is 0 Å². The van der Waals surface area contributed by atoms with Gasteiger partial charge in [0.25, 0.3) is 0 Å². The number of carbonyl (C=O) groups is 2. The monoisotopic (exact) mass is 562 g/mol. The van der Waals surface area contributed by atoms with E-state index in [1.807, 2.05) is 55.8 Å². The number of aliphatic hydroxyl groups excluding tert-OH is 1. The lowest BCUT2D eigenvalue weighted by atomic mass is 9.46. The smallest absolute Gasteiger partial charge is 0.178 e. The molecule has 8 heteroatoms. The number of carbonyl (C=O) groups excluding carboxylic acids is 2. The van der Waals surface area contributed by atoms with Crippen LogP contribution in [0.3, 0.4) is 0 Å². The maximum absolute atomic E-state index is 14.5. The average Bonchev–Trinajstić information content (AvgIpc) is 3.46. The van der Waals surface area contributed by atoms with Crippen molar-refractivity contribution in [2.45, 2.75) is 82.1 Å². The number of imidazole rings is 1. The Morgan fingerprint density at radius 1 is 1.23 bits per heavy atom. The second-order valence-electron chi connectivity index (χ2n) is 13.4. The molecule has 40 heavy (non-hydrogen) atoms. The number of thioether (sulfide) groups is 1. The average molecular weight is 563 g/mol. The molecule has 4 aliphatic carbocycles. The largest absolute Gasteiger partial charge is 0.393 e. The fourth-order valence-electron chi connectivity index (χ4n) is 9.41. The molecular formula is C32H38N2O5S. The first-order valence-corrected chi connectivity index (χ1v) is 15.5. The molecule has 7 rings (SSSR count). The van der Waals surface area contributed by atoms with Crippen LogP contribution in [0.2, 0.25) is 0 Å². The van der Waals surface area contributed by atoms with Gasteiger partial charge in [0.15, 0.2) is 28.1 Å². The number of aliphatic hydroxyl groups is 1. The number of aromatic nitrogens is 2. The zero-order valence-electron chi connectivity index (χ0n) is 23.8. The molecule has 212 valence electrons. The van der Waals surface area contributed by atoms with E-state index < -0.39 is 22.9 Å². The summed E-state index contributed by atoms with van der Waals surface area (Å²) in [7, 11) is 1.98. The fraction of sp³-hybridized carbons (Fsp3) is 0.594. The Hall–Kier alpha value is -2.26. The van der Waals surface area contributed by atoms with Crippen molar-refractivity contribution in [2.75, 3.05) is 5.75 Å². The Bertz CT molecular complexity index is 1490. The normalized spacial score (nSPS) is 41.3. The third kappa shape index (κ3) is 3.45. The highest BCUT2D eigenvalue weighted by Crippen LogP contribution is 2.70. The summed E-state index contributed by atoms with van der Waals surface area (Å²) in [5.74, 6) is -0.273. The molecule has 1 saturated heterocycles. The van der Waals surface area contributed by atoms with E-state index in [4.69, 9.17) is 14.5 Å². The Morgan fingerprint density at radius 2 is 2.00 bits per heavy atom. The third-order valence-corrected chi connectivity index (χ3v) is 12.0. The minimum Gasteiger partial charge on any atom is -0.393 e. The van der Waals surface area contributed by atoms with E-state index >= 15 is 0 Å². The van der Waals surface area contributed by atoms with E-state index in [2.05, 4.69) is 13.8 Å². The van der Waals surface area contributed by atoms with E-state index in [9.17, 15) is 14.7 Å². The van der Waals surface area contributed by atoms with E-state index in [1.54, 1.807) is 12.2 Å². The minimum atomic E-state index is -1.14. The number of Topliss-reactive ketones (excluding diaryl/α,β-unsaturated/α-hetero) is 1. The Balaban J connectivity index is 1.23. The van der Waals surface area contributed by atoms with Crippen molar-refractivity contribution >= 4 is 34.4 Å². The van der Waals surface area contributed by atoms with Crippen molar-refractivity contribution in [2.24, 2.45) is 35.6 Å². The summed E-state index contributed by atoms with van der Waals surface area (Å²) in [5.41, 5.74) is 0.984. The number of hydrogen-bond donors (Lipinski definition) is 1. The molecule has 1 N–H and O–H groups in total. The second-order valence-corrected chi connectivity index (χ2v) is 14.4. The molecule has 0 radical (unpaired) electrons. The highest BCUT2D eigenvalue weighted by atomic mass is 32.2. The lowest BCUT2D eigenvalue weighted by molar-refractivity contribution is -0.223. The zero-order chi connectivity index (χ0) is 28.2. The molecule has 8 atom stereocenters. The van der Waals surface area contributed by atoms with Crippen LogP contribution in [0, 0.1) is 28.6 Å². The van der Waals surface area contributed by atoms with Gasteiger partial charge in [0.1, 0.15) is 0 Å². The summed E-state index contributed by atoms with van der Waals surface area (Å²) in [6.07, 6.45) is 7.37. The predicted octanol–water partition coefficient (Wildman–Crippen LogP) is 5.01. The predicted molar refractivity (Wildman–Crippen MR) is 153 cm³/mol. The van der Waals surface area contributed by atoms with E-state index in [1.165, 1.54) is 11.8 Å². The number of aryl methyl sites for hydroxylation is 1. The van der Waals surface area contributed by atoms with Gasteiger partial charge in [-0.25, -0.2) is 4.98 Å². The molecule has 3 saturated carbocycles. The quantitative estimate of drug-likeness (QED) is 0.524. The summed E-state index contributed by atoms with van der Waals surface area (Å²) < 4.78 is 15.3. The topological polar surface area (TPSA) is 90.7 Å². The van der Waals surface area contributed by atoms with Gasteiger partial charge in [-0.2, -0.15) is 0 Å². The van der Waals surface area contributed by atoms with Gasteiger partial charge >= 0.3 is 0 Å². The summed E-state index contributed by atoms with van der Waals surface area (Å²) in [4.78, 5) is 31.4. The van der Waals surface area contributed by atoms with E-state index in [0.717, 1.165) is 41.0 Å². The molecule has 7 nitrogen and oxygen atoms in total. The third-order valence-electron chi connectivity index (χ3n) is 11.0. The van der Waals surface area contributed by atoms with Crippen molar-refractivity contribution < 1.29 is 24.2 Å². The summed E-state index contributed by atoms with van der Waals surface area (Å²) in [5, 5.41) is 12.7. The Labute approximate surface area is 239 Å². The van der Waals surface area contributed by atoms with Gasteiger partial charge in [-0.15, -0.1) is 0 Å². The van der Waals surface area contributed by atoms with Crippen LogP contribution >= 0.6 is 11.8 Å². The molecule has 4 fully saturated rings. The van der Waals surface area contributed by atoms with Crippen LogP contribution in [0.25, 0.3) is 11.0 Å². The van der Waals surface area contributed by atoms with Gasteiger partial charge in [-0.1, -0.05) is 49.4 Å². The standard InChI is InChI=1S/C32H38N2O5S/c1-29(2)38-26-15-21-20-11-10-18-14-19(35)12-13-30(18,3)27(20)24(36)16-31(21,4)32(26,39-29)25(37)17-40-28-33-22-8-6-7-9-23(22)34(28)5/h6-9,12-14,20-21,24,26-27,36H,10-11,15-17H2,1-5H3/t20?,21?,24-,26+,27?,30?,31?,32+/m0/s1. The molecule has 1 aromatic heterocycles. The molecule has 1 aliphatic heterocycles. The molecule has 0 bridgehead atoms. The van der Waals surface area contributed by atoms with Gasteiger partial charge in [0, 0.05) is 23.8 Å². The van der Waals surface area contributed by atoms with Crippen molar-refractivity contribution in [1.82, 2.24) is 9.55 Å². The van der Waals surface area contributed by atoms with Gasteiger partial charge < -0.3 is 19.1 Å².